The molecule has 0 aliphatic rings. The molecule has 18 nitrogen and oxygen atoms in total. The molecule has 0 bridgehead atoms. The highest BCUT2D eigenvalue weighted by Crippen LogP contribution is 2.36. The second-order valence-electron chi connectivity index (χ2n) is 16.9. The van der Waals surface area contributed by atoms with Crippen LogP contribution in [0.2, 0.25) is 0 Å². The summed E-state index contributed by atoms with van der Waals surface area (Å²) in [6, 6.07) is 21.7. The number of carbonyl (C=O) groups excluding carboxylic acids is 4. The van der Waals surface area contributed by atoms with E-state index >= 15 is 0 Å². The number of ether oxygens (including phenoxy) is 7. The maximum atomic E-state index is 13.8. The Bertz CT molecular complexity index is 2260. The number of hydrogen-bond acceptors (Lipinski definition) is 14. The van der Waals surface area contributed by atoms with Crippen molar-refractivity contribution >= 4 is 40.3 Å². The first-order valence-corrected chi connectivity index (χ1v) is 22.8. The molecular formula is C50H66N6O12. The third-order valence-corrected chi connectivity index (χ3v) is 10.4. The van der Waals surface area contributed by atoms with Crippen LogP contribution in [-0.4, -0.2) is 131 Å². The van der Waals surface area contributed by atoms with Gasteiger partial charge in [-0.05, 0) is 92.4 Å². The van der Waals surface area contributed by atoms with Crippen LogP contribution in [0.15, 0.2) is 84.1 Å². The Hall–Kier alpha value is -6.14. The summed E-state index contributed by atoms with van der Waals surface area (Å²) in [4.78, 5) is 61.2. The fourth-order valence-corrected chi connectivity index (χ4v) is 7.07. The van der Waals surface area contributed by atoms with Crippen molar-refractivity contribution in [3.8, 4) is 16.9 Å². The van der Waals surface area contributed by atoms with E-state index in [1.54, 1.807) is 33.0 Å². The Morgan fingerprint density at radius 3 is 2.07 bits per heavy atom. The minimum absolute atomic E-state index is 0.0539. The van der Waals surface area contributed by atoms with Crippen molar-refractivity contribution in [3.63, 3.8) is 0 Å². The van der Waals surface area contributed by atoms with Crippen LogP contribution in [0.3, 0.4) is 0 Å². The van der Waals surface area contributed by atoms with Crippen LogP contribution in [0, 0.1) is 6.92 Å². The zero-order chi connectivity index (χ0) is 49.3. The van der Waals surface area contributed by atoms with Crippen LogP contribution in [-0.2, 0) is 42.8 Å². The minimum Gasteiger partial charge on any atom is -0.491 e. The standard InChI is InChI=1S/C50H66N6O12/c1-35-19-20-52-45(32-35)56(49(61)68-50(3,4)5)22-9-12-46(59)54-48(36(2)57)43(58)33-39(34-47(60)62-6)37-13-15-38(16-14-37)40-17-18-44(42-11-8-7-10-41(40)42)67-31-30-66-29-28-65-27-26-64-25-24-63-23-21-53-55-51/h7-8,10-11,13-20,32,36,39,48,57H,9,12,21-31,33-34H2,1-6H3,(H,54,59)/t36-,39+,48+/m1/s1. The van der Waals surface area contributed by atoms with Crippen molar-refractivity contribution in [2.45, 2.75) is 84.0 Å². The number of Topliss-reactive ketones (excluding diaryl/α,β-unsaturated/α-hetero) is 1. The number of benzene rings is 3. The Morgan fingerprint density at radius 2 is 1.47 bits per heavy atom. The topological polar surface area (TPSA) is 230 Å². The minimum atomic E-state index is -1.24. The molecule has 0 saturated heterocycles. The molecule has 0 aliphatic carbocycles. The van der Waals surface area contributed by atoms with Gasteiger partial charge in [0.1, 0.15) is 29.8 Å². The summed E-state index contributed by atoms with van der Waals surface area (Å²) < 4.78 is 38.7. The third kappa shape index (κ3) is 18.9. The summed E-state index contributed by atoms with van der Waals surface area (Å²) in [5.41, 5.74) is 11.0. The average Bonchev–Trinajstić information content (AvgIpc) is 3.31. The molecule has 68 heavy (non-hydrogen) atoms. The number of aromatic nitrogens is 1. The van der Waals surface area contributed by atoms with Crippen LogP contribution in [0.4, 0.5) is 10.6 Å². The molecule has 0 aliphatic heterocycles. The molecule has 4 aromatic rings. The van der Waals surface area contributed by atoms with Gasteiger partial charge in [-0.15, -0.1) is 0 Å². The van der Waals surface area contributed by atoms with Gasteiger partial charge in [0.2, 0.25) is 5.91 Å². The average molecular weight is 943 g/mol. The van der Waals surface area contributed by atoms with Gasteiger partial charge in [0.05, 0.1) is 72.5 Å². The van der Waals surface area contributed by atoms with Crippen LogP contribution < -0.4 is 15.0 Å². The molecule has 1 heterocycles. The van der Waals surface area contributed by atoms with Crippen LogP contribution in [0.1, 0.15) is 70.4 Å². The third-order valence-electron chi connectivity index (χ3n) is 10.4. The fraction of sp³-hybridized carbons (Fsp3) is 0.500. The van der Waals surface area contributed by atoms with Gasteiger partial charge in [-0.1, -0.05) is 59.7 Å². The largest absolute Gasteiger partial charge is 0.491 e. The van der Waals surface area contributed by atoms with E-state index < -0.39 is 47.4 Å². The van der Waals surface area contributed by atoms with Gasteiger partial charge >= 0.3 is 12.1 Å². The number of carbonyl (C=O) groups is 4. The summed E-state index contributed by atoms with van der Waals surface area (Å²) in [5, 5.41) is 18.7. The van der Waals surface area contributed by atoms with Crippen molar-refractivity contribution < 1.29 is 57.4 Å². The summed E-state index contributed by atoms with van der Waals surface area (Å²) in [5.74, 6) is -0.969. The van der Waals surface area contributed by atoms with E-state index in [4.69, 9.17) is 38.7 Å². The van der Waals surface area contributed by atoms with Crippen LogP contribution in [0.5, 0.6) is 5.75 Å². The monoisotopic (exact) mass is 942 g/mol. The van der Waals surface area contributed by atoms with E-state index in [9.17, 15) is 24.3 Å². The van der Waals surface area contributed by atoms with E-state index in [0.29, 0.717) is 83.1 Å². The van der Waals surface area contributed by atoms with Gasteiger partial charge in [-0.25, -0.2) is 9.78 Å². The molecule has 0 fully saturated rings. The van der Waals surface area contributed by atoms with Gasteiger partial charge in [0.15, 0.2) is 5.78 Å². The number of nitrogens with zero attached hydrogens (tertiary/aromatic N) is 5. The number of fused-ring (bicyclic) bond motifs is 1. The molecule has 3 atom stereocenters. The lowest BCUT2D eigenvalue weighted by Gasteiger charge is -2.27. The molecule has 0 radical (unpaired) electrons. The van der Waals surface area contributed by atoms with E-state index in [1.165, 1.54) is 18.9 Å². The van der Waals surface area contributed by atoms with E-state index in [1.807, 2.05) is 73.7 Å². The molecular weight excluding hydrogens is 877 g/mol. The lowest BCUT2D eigenvalue weighted by molar-refractivity contribution is -0.141. The fourth-order valence-electron chi connectivity index (χ4n) is 7.07. The highest BCUT2D eigenvalue weighted by molar-refractivity contribution is 6.00. The molecule has 368 valence electrons. The number of methoxy groups -OCH3 is 1. The van der Waals surface area contributed by atoms with Crippen LogP contribution in [0.25, 0.3) is 32.3 Å². The van der Waals surface area contributed by atoms with Gasteiger partial charge in [0, 0.05) is 48.3 Å². The number of aliphatic hydroxyl groups excluding tert-OH is 1. The summed E-state index contributed by atoms with van der Waals surface area (Å²) in [6.07, 6.45) is -0.335. The van der Waals surface area contributed by atoms with Crippen molar-refractivity contribution in [3.05, 3.63) is 101 Å². The zero-order valence-corrected chi connectivity index (χ0v) is 40.0. The maximum Gasteiger partial charge on any atom is 0.416 e. The first-order valence-electron chi connectivity index (χ1n) is 22.8. The molecule has 18 heteroatoms. The molecule has 0 spiro atoms. The number of hydrogen-bond donors (Lipinski definition) is 2. The molecule has 2 amide bonds. The molecule has 0 unspecified atom stereocenters. The van der Waals surface area contributed by atoms with Crippen molar-refractivity contribution in [1.82, 2.24) is 10.3 Å². The lowest BCUT2D eigenvalue weighted by Crippen LogP contribution is -2.48. The highest BCUT2D eigenvalue weighted by Gasteiger charge is 2.30. The number of ketones is 1. The van der Waals surface area contributed by atoms with Crippen molar-refractivity contribution in [1.29, 1.82) is 0 Å². The molecule has 3 aromatic carbocycles. The maximum absolute atomic E-state index is 13.8. The first kappa shape index (κ1) is 54.5. The number of anilines is 1. The number of pyridine rings is 1. The zero-order valence-electron chi connectivity index (χ0n) is 40.0. The second kappa shape index (κ2) is 28.9. The number of aryl methyl sites for hydroxylation is 1. The van der Waals surface area contributed by atoms with Crippen molar-refractivity contribution in [2.75, 3.05) is 84.6 Å². The molecule has 2 N–H and O–H groups in total. The summed E-state index contributed by atoms with van der Waals surface area (Å²) in [7, 11) is 1.28. The Labute approximate surface area is 398 Å². The Kier molecular flexibility index (Phi) is 23.2. The quantitative estimate of drug-likeness (QED) is 0.0168. The number of esters is 1. The van der Waals surface area contributed by atoms with E-state index in [-0.39, 0.29) is 32.2 Å². The first-order chi connectivity index (χ1) is 32.7. The summed E-state index contributed by atoms with van der Waals surface area (Å²) in [6.45, 7) is 12.6. The van der Waals surface area contributed by atoms with Crippen LogP contribution >= 0.6 is 0 Å². The SMILES string of the molecule is COC(=O)C[C@H](CC(=O)[C@@H](NC(=O)CCCN(C(=O)OC(C)(C)C)c1cc(C)ccn1)[C@@H](C)O)c1ccc(-c2ccc(OCCOCCOCCOCCOCCN=[N+]=[N-])c3ccccc23)cc1. The van der Waals surface area contributed by atoms with Gasteiger partial charge in [0.25, 0.3) is 0 Å². The number of aliphatic hydroxyl groups is 1. The molecule has 1 aromatic heterocycles. The highest BCUT2D eigenvalue weighted by atomic mass is 16.6. The van der Waals surface area contributed by atoms with E-state index in [2.05, 4.69) is 20.3 Å². The lowest BCUT2D eigenvalue weighted by atomic mass is 9.87. The Morgan fingerprint density at radius 1 is 0.838 bits per heavy atom. The molecule has 0 saturated carbocycles. The van der Waals surface area contributed by atoms with Gasteiger partial charge < -0.3 is 43.6 Å². The number of azide groups is 1. The Balaban J connectivity index is 1.32. The predicted octanol–water partition coefficient (Wildman–Crippen LogP) is 7.66. The normalized spacial score (nSPS) is 12.6. The number of nitrogens with one attached hydrogen (secondary N) is 1. The number of amides is 2. The summed E-state index contributed by atoms with van der Waals surface area (Å²) >= 11 is 0. The van der Waals surface area contributed by atoms with Gasteiger partial charge in [-0.2, -0.15) is 0 Å². The van der Waals surface area contributed by atoms with Gasteiger partial charge in [-0.3, -0.25) is 19.3 Å². The van der Waals surface area contributed by atoms with Crippen molar-refractivity contribution in [2.24, 2.45) is 5.11 Å². The van der Waals surface area contributed by atoms with E-state index in [0.717, 1.165) is 27.5 Å². The smallest absolute Gasteiger partial charge is 0.416 e. The second-order valence-corrected chi connectivity index (χ2v) is 16.9. The number of rotatable bonds is 30. The molecule has 4 rings (SSSR count). The predicted molar refractivity (Wildman–Crippen MR) is 257 cm³/mol.